The molecule has 1 rings (SSSR count). The molecule has 0 aliphatic rings. The molecule has 0 N–H and O–H groups in total. The van der Waals surface area contributed by atoms with Gasteiger partial charge in [0.2, 0.25) is 0 Å². The van der Waals surface area contributed by atoms with E-state index in [9.17, 15) is 0 Å². The van der Waals surface area contributed by atoms with Crippen LogP contribution in [0.1, 0.15) is 25.8 Å². The van der Waals surface area contributed by atoms with E-state index in [2.05, 4.69) is 13.8 Å². The SMILES string of the molecule is CCC(C)(CCl)Cc1c(Cl)cccc1Cl. The van der Waals surface area contributed by atoms with Crippen molar-refractivity contribution in [3.05, 3.63) is 33.8 Å². The minimum Gasteiger partial charge on any atom is -0.126 e. The Kier molecular flexibility index (Phi) is 4.76. The first-order valence-electron chi connectivity index (χ1n) is 5.01. The average Bonchev–Trinajstić information content (AvgIpc) is 2.23. The van der Waals surface area contributed by atoms with Crippen molar-refractivity contribution in [1.29, 1.82) is 0 Å². The first kappa shape index (κ1) is 13.2. The van der Waals surface area contributed by atoms with Crippen LogP contribution in [0, 0.1) is 5.41 Å². The Hall–Kier alpha value is 0.0900. The third kappa shape index (κ3) is 3.27. The lowest BCUT2D eigenvalue weighted by Crippen LogP contribution is -2.20. The maximum Gasteiger partial charge on any atom is 0.0453 e. The third-order valence-electron chi connectivity index (χ3n) is 2.84. The van der Waals surface area contributed by atoms with Crippen LogP contribution >= 0.6 is 34.8 Å². The summed E-state index contributed by atoms with van der Waals surface area (Å²) in [4.78, 5) is 0. The lowest BCUT2D eigenvalue weighted by molar-refractivity contribution is 0.356. The summed E-state index contributed by atoms with van der Waals surface area (Å²) in [5, 5.41) is 1.46. The van der Waals surface area contributed by atoms with E-state index < -0.39 is 0 Å². The standard InChI is InChI=1S/C12H15Cl3/c1-3-12(2,8-13)7-9-10(14)5-4-6-11(9)15/h4-6H,3,7-8H2,1-2H3. The number of hydrogen-bond acceptors (Lipinski definition) is 0. The van der Waals surface area contributed by atoms with Gasteiger partial charge in [0.25, 0.3) is 0 Å². The van der Waals surface area contributed by atoms with E-state index in [0.717, 1.165) is 28.5 Å². The highest BCUT2D eigenvalue weighted by atomic mass is 35.5. The predicted molar refractivity (Wildman–Crippen MR) is 69.3 cm³/mol. The molecule has 3 heteroatoms. The maximum atomic E-state index is 6.12. The molecule has 0 bridgehead atoms. The molecule has 0 spiro atoms. The second-order valence-corrected chi connectivity index (χ2v) is 5.26. The van der Waals surface area contributed by atoms with Crippen molar-refractivity contribution in [3.8, 4) is 0 Å². The van der Waals surface area contributed by atoms with Crippen molar-refractivity contribution in [2.75, 3.05) is 5.88 Å². The molecule has 1 aromatic carbocycles. The number of halogens is 3. The summed E-state index contributed by atoms with van der Waals surface area (Å²) in [6.45, 7) is 4.28. The van der Waals surface area contributed by atoms with Crippen LogP contribution in [0.3, 0.4) is 0 Å². The Labute approximate surface area is 107 Å². The molecular weight excluding hydrogens is 250 g/mol. The molecule has 0 saturated carbocycles. The molecule has 0 aromatic heterocycles. The van der Waals surface area contributed by atoms with Gasteiger partial charge in [-0.1, -0.05) is 43.1 Å². The molecule has 15 heavy (non-hydrogen) atoms. The molecule has 0 aliphatic carbocycles. The van der Waals surface area contributed by atoms with Gasteiger partial charge < -0.3 is 0 Å². The quantitative estimate of drug-likeness (QED) is 0.657. The molecule has 84 valence electrons. The minimum absolute atomic E-state index is 0.0657. The number of rotatable bonds is 4. The van der Waals surface area contributed by atoms with Crippen LogP contribution in [-0.2, 0) is 6.42 Å². The molecule has 0 nitrogen and oxygen atoms in total. The molecule has 1 aromatic rings. The molecule has 0 heterocycles. The first-order valence-corrected chi connectivity index (χ1v) is 6.30. The van der Waals surface area contributed by atoms with Crippen LogP contribution < -0.4 is 0 Å². The zero-order valence-electron chi connectivity index (χ0n) is 8.99. The van der Waals surface area contributed by atoms with Gasteiger partial charge in [0.15, 0.2) is 0 Å². The van der Waals surface area contributed by atoms with E-state index in [4.69, 9.17) is 34.8 Å². The van der Waals surface area contributed by atoms with Gasteiger partial charge in [-0.15, -0.1) is 11.6 Å². The van der Waals surface area contributed by atoms with Gasteiger partial charge in [0, 0.05) is 15.9 Å². The molecular formula is C12H15Cl3. The lowest BCUT2D eigenvalue weighted by Gasteiger charge is -2.26. The Morgan fingerprint density at radius 1 is 1.20 bits per heavy atom. The molecule has 0 fully saturated rings. The largest absolute Gasteiger partial charge is 0.126 e. The molecule has 0 radical (unpaired) electrons. The van der Waals surface area contributed by atoms with Crippen LogP contribution in [-0.4, -0.2) is 5.88 Å². The molecule has 1 atom stereocenters. The maximum absolute atomic E-state index is 6.12. The highest BCUT2D eigenvalue weighted by molar-refractivity contribution is 6.36. The molecule has 0 amide bonds. The van der Waals surface area contributed by atoms with Crippen molar-refractivity contribution in [1.82, 2.24) is 0 Å². The second kappa shape index (κ2) is 5.43. The summed E-state index contributed by atoms with van der Waals surface area (Å²) in [6, 6.07) is 5.60. The zero-order valence-corrected chi connectivity index (χ0v) is 11.3. The topological polar surface area (TPSA) is 0 Å². The van der Waals surface area contributed by atoms with Crippen molar-refractivity contribution in [2.24, 2.45) is 5.41 Å². The Morgan fingerprint density at radius 3 is 2.13 bits per heavy atom. The Balaban J connectivity index is 2.98. The third-order valence-corrected chi connectivity index (χ3v) is 4.19. The fourth-order valence-corrected chi connectivity index (χ4v) is 2.21. The van der Waals surface area contributed by atoms with Gasteiger partial charge in [-0.25, -0.2) is 0 Å². The predicted octanol–water partition coefficient (Wildman–Crippen LogP) is 5.19. The normalized spacial score (nSPS) is 15.0. The van der Waals surface area contributed by atoms with Crippen LogP contribution in [0.2, 0.25) is 10.0 Å². The van der Waals surface area contributed by atoms with Gasteiger partial charge in [0.1, 0.15) is 0 Å². The van der Waals surface area contributed by atoms with Crippen LogP contribution in [0.5, 0.6) is 0 Å². The highest BCUT2D eigenvalue weighted by Crippen LogP contribution is 2.34. The summed E-state index contributed by atoms with van der Waals surface area (Å²) < 4.78 is 0. The molecule has 1 unspecified atom stereocenters. The van der Waals surface area contributed by atoms with Crippen molar-refractivity contribution < 1.29 is 0 Å². The first-order chi connectivity index (χ1) is 7.02. The van der Waals surface area contributed by atoms with Crippen LogP contribution in [0.25, 0.3) is 0 Å². The number of alkyl halides is 1. The summed E-state index contributed by atoms with van der Waals surface area (Å²) in [7, 11) is 0. The fourth-order valence-electron chi connectivity index (χ4n) is 1.39. The van der Waals surface area contributed by atoms with Crippen LogP contribution in [0.4, 0.5) is 0 Å². The second-order valence-electron chi connectivity index (χ2n) is 4.17. The van der Waals surface area contributed by atoms with Gasteiger partial charge in [-0.2, -0.15) is 0 Å². The molecule has 0 saturated heterocycles. The minimum atomic E-state index is 0.0657. The summed E-state index contributed by atoms with van der Waals surface area (Å²) in [5.74, 6) is 0.616. The Bertz CT molecular complexity index is 309. The Morgan fingerprint density at radius 2 is 1.73 bits per heavy atom. The van der Waals surface area contributed by atoms with Crippen molar-refractivity contribution in [2.45, 2.75) is 26.7 Å². The van der Waals surface area contributed by atoms with E-state index in [1.54, 1.807) is 0 Å². The monoisotopic (exact) mass is 264 g/mol. The zero-order chi connectivity index (χ0) is 11.5. The van der Waals surface area contributed by atoms with Gasteiger partial charge in [-0.3, -0.25) is 0 Å². The van der Waals surface area contributed by atoms with E-state index >= 15 is 0 Å². The van der Waals surface area contributed by atoms with Crippen LogP contribution in [0.15, 0.2) is 18.2 Å². The number of hydrogen-bond donors (Lipinski definition) is 0. The van der Waals surface area contributed by atoms with E-state index in [1.807, 2.05) is 18.2 Å². The van der Waals surface area contributed by atoms with E-state index in [1.165, 1.54) is 0 Å². The van der Waals surface area contributed by atoms with E-state index in [-0.39, 0.29) is 5.41 Å². The van der Waals surface area contributed by atoms with E-state index in [0.29, 0.717) is 5.88 Å². The van der Waals surface area contributed by atoms with Gasteiger partial charge >= 0.3 is 0 Å². The van der Waals surface area contributed by atoms with Gasteiger partial charge in [-0.05, 0) is 36.0 Å². The van der Waals surface area contributed by atoms with Crippen molar-refractivity contribution >= 4 is 34.8 Å². The molecule has 0 aliphatic heterocycles. The van der Waals surface area contributed by atoms with Crippen molar-refractivity contribution in [3.63, 3.8) is 0 Å². The number of benzene rings is 1. The lowest BCUT2D eigenvalue weighted by atomic mass is 9.83. The average molecular weight is 266 g/mol. The summed E-state index contributed by atoms with van der Waals surface area (Å²) >= 11 is 18.2. The summed E-state index contributed by atoms with van der Waals surface area (Å²) in [6.07, 6.45) is 1.84. The van der Waals surface area contributed by atoms with Gasteiger partial charge in [0.05, 0.1) is 0 Å². The highest BCUT2D eigenvalue weighted by Gasteiger charge is 2.23. The smallest absolute Gasteiger partial charge is 0.0453 e. The fraction of sp³-hybridized carbons (Fsp3) is 0.500. The summed E-state index contributed by atoms with van der Waals surface area (Å²) in [5.41, 5.74) is 1.07.